The summed E-state index contributed by atoms with van der Waals surface area (Å²) in [7, 11) is 0. The third-order valence-electron chi connectivity index (χ3n) is 16.2. The number of para-hydroxylation sites is 3. The zero-order valence-electron chi connectivity index (χ0n) is 46.4. The molecule has 75 heavy (non-hydrogen) atoms. The number of allylic oxidation sites excluding steroid dienone is 4. The lowest BCUT2D eigenvalue weighted by molar-refractivity contribution is 0.590. The summed E-state index contributed by atoms with van der Waals surface area (Å²) in [6.07, 6.45) is 8.85. The fourth-order valence-corrected chi connectivity index (χ4v) is 12.3. The van der Waals surface area contributed by atoms with Gasteiger partial charge in [0.05, 0.1) is 33.3 Å². The fraction of sp³-hybridized carbons (Fsp3) is 0.268. The first-order valence-electron chi connectivity index (χ1n) is 27.2. The van der Waals surface area contributed by atoms with Gasteiger partial charge < -0.3 is 18.6 Å². The largest absolute Gasteiger partial charge is 0.314 e. The molecule has 0 amide bonds. The summed E-state index contributed by atoms with van der Waals surface area (Å²) in [5.41, 5.74) is 19.7. The number of nitrogens with zero attached hydrogens (tertiary/aromatic N) is 4. The Hall–Kier alpha value is -7.56. The van der Waals surface area contributed by atoms with Crippen molar-refractivity contribution in [2.75, 3.05) is 9.80 Å². The van der Waals surface area contributed by atoms with E-state index >= 15 is 0 Å². The highest BCUT2D eigenvalue weighted by Gasteiger charge is 2.30. The Labute approximate surface area is 444 Å². The average Bonchev–Trinajstić information content (AvgIpc) is 4.00. The van der Waals surface area contributed by atoms with Gasteiger partial charge in [0.25, 0.3) is 0 Å². The molecule has 0 N–H and O–H groups in total. The standard InChI is InChI=1S/C71H72N4/c1-45-54-39-38-53(73(49-23-16-14-17-24-49)51-34-30-47(31-35-51)68(2,3)4)42-46-22-20-28-59(70(8,9)10)65(46)72(45)62-44-58-55-40-41-61(74(50-25-18-15-19-26-50)52-36-32-48(33-37-52)69(5,6)7)64-56-27-21-29-60(71(11,12)13)66(56)75(67(55)64)63(58)43-57(54)62/h14-18,20-25,27-44H,19,26H2,1-13H3. The molecule has 4 heteroatoms. The lowest BCUT2D eigenvalue weighted by Gasteiger charge is -2.30. The van der Waals surface area contributed by atoms with Gasteiger partial charge in [-0.2, -0.15) is 0 Å². The Balaban J connectivity index is 1.21. The molecule has 376 valence electrons. The molecule has 0 aliphatic heterocycles. The van der Waals surface area contributed by atoms with E-state index in [-0.39, 0.29) is 21.7 Å². The highest BCUT2D eigenvalue weighted by atomic mass is 15.2. The van der Waals surface area contributed by atoms with E-state index < -0.39 is 0 Å². The molecule has 4 aromatic heterocycles. The number of aryl methyl sites for hydroxylation is 1. The summed E-state index contributed by atoms with van der Waals surface area (Å²) in [6.45, 7) is 30.3. The molecule has 11 aromatic rings. The summed E-state index contributed by atoms with van der Waals surface area (Å²) in [5, 5.41) is 8.80. The molecule has 0 spiro atoms. The minimum Gasteiger partial charge on any atom is -0.314 e. The monoisotopic (exact) mass is 981 g/mol. The van der Waals surface area contributed by atoms with Gasteiger partial charge in [0, 0.05) is 71.8 Å². The van der Waals surface area contributed by atoms with Crippen LogP contribution in [0, 0.1) is 6.92 Å². The Kier molecular flexibility index (Phi) is 11.1. The number of hydrogen-bond acceptors (Lipinski definition) is 2. The molecular formula is C71H72N4. The first-order chi connectivity index (χ1) is 35.7. The zero-order chi connectivity index (χ0) is 52.5. The first kappa shape index (κ1) is 48.4. The molecule has 0 fully saturated rings. The molecule has 0 radical (unpaired) electrons. The highest BCUT2D eigenvalue weighted by Crippen LogP contribution is 2.50. The van der Waals surface area contributed by atoms with Crippen molar-refractivity contribution in [1.82, 2.24) is 8.80 Å². The number of rotatable bonds is 6. The van der Waals surface area contributed by atoms with E-state index in [1.165, 1.54) is 110 Å². The van der Waals surface area contributed by atoms with E-state index in [1.54, 1.807) is 0 Å². The first-order valence-corrected chi connectivity index (χ1v) is 27.2. The van der Waals surface area contributed by atoms with Crippen molar-refractivity contribution in [2.45, 2.75) is 125 Å². The minimum atomic E-state index is -0.145. The van der Waals surface area contributed by atoms with Crippen LogP contribution >= 0.6 is 0 Å². The number of fused-ring (bicyclic) bond motifs is 13. The summed E-state index contributed by atoms with van der Waals surface area (Å²) in [6, 6.07) is 60.5. The quantitative estimate of drug-likeness (QED) is 0.165. The van der Waals surface area contributed by atoms with Crippen LogP contribution in [-0.2, 0) is 21.7 Å². The number of anilines is 5. The van der Waals surface area contributed by atoms with Crippen molar-refractivity contribution in [2.24, 2.45) is 0 Å². The molecular weight excluding hydrogens is 909 g/mol. The predicted octanol–water partition coefficient (Wildman–Crippen LogP) is 20.3. The third-order valence-corrected chi connectivity index (χ3v) is 16.2. The van der Waals surface area contributed by atoms with Crippen molar-refractivity contribution in [3.05, 3.63) is 210 Å². The lowest BCUT2D eigenvalue weighted by Crippen LogP contribution is -2.18. The van der Waals surface area contributed by atoms with Crippen molar-refractivity contribution in [3.8, 4) is 0 Å². The molecule has 12 rings (SSSR count). The van der Waals surface area contributed by atoms with Crippen LogP contribution < -0.4 is 9.80 Å². The van der Waals surface area contributed by atoms with Crippen molar-refractivity contribution < 1.29 is 0 Å². The maximum absolute atomic E-state index is 2.65. The van der Waals surface area contributed by atoms with Gasteiger partial charge in [0.15, 0.2) is 0 Å². The Morgan fingerprint density at radius 1 is 0.413 bits per heavy atom. The number of hydrogen-bond donors (Lipinski definition) is 0. The second-order valence-electron chi connectivity index (χ2n) is 25.5. The topological polar surface area (TPSA) is 15.3 Å². The lowest BCUT2D eigenvalue weighted by atomic mass is 9.85. The van der Waals surface area contributed by atoms with Gasteiger partial charge in [0.1, 0.15) is 0 Å². The van der Waals surface area contributed by atoms with Crippen molar-refractivity contribution in [1.29, 1.82) is 0 Å². The van der Waals surface area contributed by atoms with Gasteiger partial charge in [-0.1, -0.05) is 186 Å². The van der Waals surface area contributed by atoms with E-state index in [4.69, 9.17) is 0 Å². The minimum absolute atomic E-state index is 0.0432. The van der Waals surface area contributed by atoms with Crippen LogP contribution in [0.5, 0.6) is 0 Å². The van der Waals surface area contributed by atoms with Crippen LogP contribution in [0.2, 0.25) is 0 Å². The van der Waals surface area contributed by atoms with Gasteiger partial charge in [-0.05, 0) is 136 Å². The van der Waals surface area contributed by atoms with Crippen molar-refractivity contribution >= 4 is 93.7 Å². The molecule has 2 bridgehead atoms. The fourth-order valence-electron chi connectivity index (χ4n) is 12.3. The highest BCUT2D eigenvalue weighted by molar-refractivity contribution is 6.29. The number of benzene rings is 7. The molecule has 1 aliphatic carbocycles. The van der Waals surface area contributed by atoms with Gasteiger partial charge in [-0.15, -0.1) is 0 Å². The molecule has 4 heterocycles. The Bertz CT molecular complexity index is 4130. The molecule has 0 unspecified atom stereocenters. The summed E-state index contributed by atoms with van der Waals surface area (Å²) < 4.78 is 5.25. The summed E-state index contributed by atoms with van der Waals surface area (Å²) in [5.74, 6) is 0. The normalized spacial score (nSPS) is 13.9. The van der Waals surface area contributed by atoms with Crippen LogP contribution in [0.25, 0.3) is 65.3 Å². The van der Waals surface area contributed by atoms with E-state index in [2.05, 4.69) is 285 Å². The molecule has 4 nitrogen and oxygen atoms in total. The number of aromatic nitrogens is 2. The molecule has 0 atom stereocenters. The zero-order valence-corrected chi connectivity index (χ0v) is 46.4. The maximum atomic E-state index is 2.65. The summed E-state index contributed by atoms with van der Waals surface area (Å²) in [4.78, 5) is 4.99. The predicted molar refractivity (Wildman–Crippen MR) is 325 cm³/mol. The van der Waals surface area contributed by atoms with Gasteiger partial charge in [-0.3, -0.25) is 0 Å². The second-order valence-corrected chi connectivity index (χ2v) is 25.5. The van der Waals surface area contributed by atoms with E-state index in [0.717, 1.165) is 29.9 Å². The van der Waals surface area contributed by atoms with Crippen LogP contribution in [-0.4, -0.2) is 8.80 Å². The SMILES string of the molecule is Cc1c2ccc(N(c3ccccc3)c3ccc(C(C)(C)C)cc3)cc3cccc(C(C)(C)C)c3n1c1cc3c4ccc(N(C5=CC=CCC5)c5ccc(C(C)(C)C)cc5)c5c6cccc(C(C)(C)C)c6n(c3cc21)c45. The van der Waals surface area contributed by atoms with E-state index in [1.807, 2.05) is 0 Å². The van der Waals surface area contributed by atoms with E-state index in [0.29, 0.717) is 0 Å². The summed E-state index contributed by atoms with van der Waals surface area (Å²) >= 11 is 0. The molecule has 1 aliphatic rings. The van der Waals surface area contributed by atoms with Crippen LogP contribution in [0.4, 0.5) is 28.4 Å². The average molecular weight is 981 g/mol. The van der Waals surface area contributed by atoms with Crippen molar-refractivity contribution in [3.63, 3.8) is 0 Å². The van der Waals surface area contributed by atoms with Gasteiger partial charge >= 0.3 is 0 Å². The van der Waals surface area contributed by atoms with Crippen LogP contribution in [0.15, 0.2) is 182 Å². The Morgan fingerprint density at radius 2 is 0.960 bits per heavy atom. The van der Waals surface area contributed by atoms with E-state index in [9.17, 15) is 0 Å². The third kappa shape index (κ3) is 7.94. The molecule has 7 aromatic carbocycles. The molecule has 0 saturated carbocycles. The smallest absolute Gasteiger partial charge is 0.0641 e. The second kappa shape index (κ2) is 17.2. The Morgan fingerprint density at radius 3 is 1.56 bits per heavy atom. The van der Waals surface area contributed by atoms with Gasteiger partial charge in [0.2, 0.25) is 0 Å². The van der Waals surface area contributed by atoms with Gasteiger partial charge in [-0.25, -0.2) is 0 Å². The van der Waals surface area contributed by atoms with Crippen LogP contribution in [0.1, 0.15) is 124 Å². The molecule has 0 saturated heterocycles. The maximum Gasteiger partial charge on any atom is 0.0641 e. The van der Waals surface area contributed by atoms with Crippen LogP contribution in [0.3, 0.4) is 0 Å².